The molecule has 0 unspecified atom stereocenters. The second-order valence-corrected chi connectivity index (χ2v) is 6.50. The summed E-state index contributed by atoms with van der Waals surface area (Å²) in [6, 6.07) is 5.95. The first kappa shape index (κ1) is 16.2. The zero-order chi connectivity index (χ0) is 16.2. The number of amides is 1. The molecule has 0 N–H and O–H groups in total. The van der Waals surface area contributed by atoms with E-state index in [1.807, 2.05) is 42.1 Å². The molecule has 2 aliphatic heterocycles. The van der Waals surface area contributed by atoms with Crippen molar-refractivity contribution in [2.24, 2.45) is 0 Å². The number of pyridine rings is 1. The molecule has 2 fully saturated rings. The molecule has 6 nitrogen and oxygen atoms in total. The van der Waals surface area contributed by atoms with Crippen LogP contribution in [0.15, 0.2) is 18.2 Å². The number of carbonyl (C=O) groups is 1. The normalized spacial score (nSPS) is 22.3. The van der Waals surface area contributed by atoms with Gasteiger partial charge in [-0.25, -0.2) is 4.98 Å². The summed E-state index contributed by atoms with van der Waals surface area (Å²) in [5.41, 5.74) is 0.898. The number of aromatic nitrogens is 1. The van der Waals surface area contributed by atoms with Gasteiger partial charge >= 0.3 is 0 Å². The highest BCUT2D eigenvalue weighted by molar-refractivity contribution is 5.78. The molecule has 1 atom stereocenters. The fraction of sp³-hybridized carbons (Fsp3) is 0.647. The second-order valence-electron chi connectivity index (χ2n) is 6.50. The van der Waals surface area contributed by atoms with Crippen LogP contribution in [0.1, 0.15) is 24.6 Å². The van der Waals surface area contributed by atoms with E-state index in [9.17, 15) is 4.79 Å². The smallest absolute Gasteiger partial charge is 0.236 e. The van der Waals surface area contributed by atoms with E-state index < -0.39 is 0 Å². The molecule has 2 aliphatic rings. The van der Waals surface area contributed by atoms with Gasteiger partial charge in [-0.05, 0) is 38.1 Å². The van der Waals surface area contributed by atoms with Crippen molar-refractivity contribution < 1.29 is 9.53 Å². The Balaban J connectivity index is 1.63. The molecule has 0 radical (unpaired) electrons. The number of hydrogen-bond acceptors (Lipinski definition) is 5. The van der Waals surface area contributed by atoms with Gasteiger partial charge < -0.3 is 14.5 Å². The van der Waals surface area contributed by atoms with E-state index in [0.29, 0.717) is 26.2 Å². The number of anilines is 1. The summed E-state index contributed by atoms with van der Waals surface area (Å²) in [4.78, 5) is 23.3. The van der Waals surface area contributed by atoms with Gasteiger partial charge in [0, 0.05) is 20.6 Å². The van der Waals surface area contributed by atoms with E-state index >= 15 is 0 Å². The van der Waals surface area contributed by atoms with Crippen LogP contribution in [0.2, 0.25) is 0 Å². The molecule has 2 saturated heterocycles. The lowest BCUT2D eigenvalue weighted by Crippen LogP contribution is -2.46. The fourth-order valence-electron chi connectivity index (χ4n) is 3.15. The second kappa shape index (κ2) is 7.27. The Bertz CT molecular complexity index is 543. The standard InChI is InChI=1S/C17H26N4O2/c1-19(2)16-7-5-6-14(18-16)15-12-21(10-11-23-15)17(22)13-20-8-3-4-9-20/h5-7,15H,3-4,8-13H2,1-2H3/t15-/m1/s1. The van der Waals surface area contributed by atoms with Crippen LogP contribution >= 0.6 is 0 Å². The van der Waals surface area contributed by atoms with Gasteiger partial charge in [0.2, 0.25) is 5.91 Å². The molecule has 3 rings (SSSR count). The summed E-state index contributed by atoms with van der Waals surface area (Å²) in [6.07, 6.45) is 2.28. The van der Waals surface area contributed by atoms with Crippen molar-refractivity contribution in [3.8, 4) is 0 Å². The van der Waals surface area contributed by atoms with Gasteiger partial charge in [-0.3, -0.25) is 9.69 Å². The number of hydrogen-bond donors (Lipinski definition) is 0. The Morgan fingerprint density at radius 2 is 2.09 bits per heavy atom. The van der Waals surface area contributed by atoms with Gasteiger partial charge in [-0.2, -0.15) is 0 Å². The molecule has 23 heavy (non-hydrogen) atoms. The minimum absolute atomic E-state index is 0.133. The third-order valence-electron chi connectivity index (χ3n) is 4.52. The summed E-state index contributed by atoms with van der Waals surface area (Å²) < 4.78 is 5.86. The highest BCUT2D eigenvalue weighted by atomic mass is 16.5. The summed E-state index contributed by atoms with van der Waals surface area (Å²) in [6.45, 7) is 4.48. The van der Waals surface area contributed by atoms with Crippen LogP contribution in [0.5, 0.6) is 0 Å². The molecule has 6 heteroatoms. The van der Waals surface area contributed by atoms with Gasteiger partial charge in [-0.1, -0.05) is 6.07 Å². The SMILES string of the molecule is CN(C)c1cccc([C@H]2CN(C(=O)CN3CCCC3)CCO2)n1. The van der Waals surface area contributed by atoms with E-state index in [1.165, 1.54) is 12.8 Å². The lowest BCUT2D eigenvalue weighted by atomic mass is 10.2. The zero-order valence-electron chi connectivity index (χ0n) is 14.1. The number of likely N-dealkylation sites (tertiary alicyclic amines) is 1. The largest absolute Gasteiger partial charge is 0.368 e. The van der Waals surface area contributed by atoms with Crippen molar-refractivity contribution in [2.75, 3.05) is 58.3 Å². The zero-order valence-corrected chi connectivity index (χ0v) is 14.1. The highest BCUT2D eigenvalue weighted by Gasteiger charge is 2.27. The van der Waals surface area contributed by atoms with Crippen LogP contribution < -0.4 is 4.90 Å². The van der Waals surface area contributed by atoms with E-state index in [2.05, 4.69) is 9.88 Å². The molecule has 1 amide bonds. The molecule has 0 aliphatic carbocycles. The topological polar surface area (TPSA) is 48.9 Å². The summed E-state index contributed by atoms with van der Waals surface area (Å²) in [7, 11) is 3.94. The maximum absolute atomic E-state index is 12.5. The van der Waals surface area contributed by atoms with Crippen LogP contribution in [0.4, 0.5) is 5.82 Å². The third kappa shape index (κ3) is 4.00. The minimum atomic E-state index is -0.133. The fourth-order valence-corrected chi connectivity index (χ4v) is 3.15. The number of nitrogens with zero attached hydrogens (tertiary/aromatic N) is 4. The van der Waals surface area contributed by atoms with Crippen molar-refractivity contribution in [2.45, 2.75) is 18.9 Å². The van der Waals surface area contributed by atoms with E-state index in [0.717, 1.165) is 24.6 Å². The van der Waals surface area contributed by atoms with Crippen LogP contribution in [0, 0.1) is 0 Å². The molecule has 0 spiro atoms. The van der Waals surface area contributed by atoms with Crippen LogP contribution in [0.25, 0.3) is 0 Å². The molecule has 3 heterocycles. The summed E-state index contributed by atoms with van der Waals surface area (Å²) in [5.74, 6) is 1.12. The van der Waals surface area contributed by atoms with Gasteiger partial charge in [0.1, 0.15) is 11.9 Å². The Morgan fingerprint density at radius 1 is 1.30 bits per heavy atom. The van der Waals surface area contributed by atoms with E-state index in [4.69, 9.17) is 4.74 Å². The highest BCUT2D eigenvalue weighted by Crippen LogP contribution is 2.22. The molecule has 126 valence electrons. The molecule has 1 aromatic heterocycles. The van der Waals surface area contributed by atoms with E-state index in [1.54, 1.807) is 0 Å². The first-order chi connectivity index (χ1) is 11.1. The quantitative estimate of drug-likeness (QED) is 0.833. The van der Waals surface area contributed by atoms with Crippen molar-refractivity contribution in [1.29, 1.82) is 0 Å². The Kier molecular flexibility index (Phi) is 5.13. The van der Waals surface area contributed by atoms with Crippen LogP contribution in [-0.2, 0) is 9.53 Å². The lowest BCUT2D eigenvalue weighted by Gasteiger charge is -2.33. The molecule has 1 aromatic rings. The summed E-state index contributed by atoms with van der Waals surface area (Å²) >= 11 is 0. The van der Waals surface area contributed by atoms with Crippen molar-refractivity contribution in [1.82, 2.24) is 14.8 Å². The Morgan fingerprint density at radius 3 is 2.83 bits per heavy atom. The minimum Gasteiger partial charge on any atom is -0.368 e. The maximum atomic E-state index is 12.5. The number of ether oxygens (including phenoxy) is 1. The predicted octanol–water partition coefficient (Wildman–Crippen LogP) is 1.14. The monoisotopic (exact) mass is 318 g/mol. The van der Waals surface area contributed by atoms with Gasteiger partial charge in [0.15, 0.2) is 0 Å². The van der Waals surface area contributed by atoms with Gasteiger partial charge in [0.05, 0.1) is 25.4 Å². The summed E-state index contributed by atoms with van der Waals surface area (Å²) in [5, 5.41) is 0. The Labute approximate surface area is 138 Å². The maximum Gasteiger partial charge on any atom is 0.236 e. The van der Waals surface area contributed by atoms with Crippen molar-refractivity contribution in [3.05, 3.63) is 23.9 Å². The number of morpholine rings is 1. The van der Waals surface area contributed by atoms with E-state index in [-0.39, 0.29) is 12.0 Å². The molecule has 0 bridgehead atoms. The van der Waals surface area contributed by atoms with Gasteiger partial charge in [0.25, 0.3) is 0 Å². The van der Waals surface area contributed by atoms with Gasteiger partial charge in [-0.15, -0.1) is 0 Å². The van der Waals surface area contributed by atoms with Crippen LogP contribution in [0.3, 0.4) is 0 Å². The predicted molar refractivity (Wildman–Crippen MR) is 89.5 cm³/mol. The first-order valence-corrected chi connectivity index (χ1v) is 8.39. The third-order valence-corrected chi connectivity index (χ3v) is 4.52. The molecule has 0 saturated carbocycles. The van der Waals surface area contributed by atoms with Crippen molar-refractivity contribution in [3.63, 3.8) is 0 Å². The average Bonchev–Trinajstić information content (AvgIpc) is 3.08. The number of carbonyl (C=O) groups excluding carboxylic acids is 1. The Hall–Kier alpha value is -1.66. The molecular formula is C17H26N4O2. The molecule has 0 aromatic carbocycles. The molecular weight excluding hydrogens is 292 g/mol. The average molecular weight is 318 g/mol. The lowest BCUT2D eigenvalue weighted by molar-refractivity contribution is -0.140. The first-order valence-electron chi connectivity index (χ1n) is 8.39. The number of rotatable bonds is 4. The van der Waals surface area contributed by atoms with Crippen molar-refractivity contribution >= 4 is 11.7 Å². The van der Waals surface area contributed by atoms with Crippen LogP contribution in [-0.4, -0.2) is 74.1 Å².